The number of hydrogen-bond donors (Lipinski definition) is 3. The Morgan fingerprint density at radius 3 is 2.70 bits per heavy atom. The highest BCUT2D eigenvalue weighted by atomic mass is 79.9. The fourth-order valence-corrected chi connectivity index (χ4v) is 1.86. The SMILES string of the molecule is Cn1ncnc1NC(=O)Nc1ccc(Br)c(C(=O)O)c1. The van der Waals surface area contributed by atoms with Crippen LogP contribution in [-0.2, 0) is 7.05 Å². The number of rotatable bonds is 3. The predicted octanol–water partition coefficient (Wildman–Crippen LogP) is 1.92. The van der Waals surface area contributed by atoms with E-state index in [0.717, 1.165) is 0 Å². The first-order valence-electron chi connectivity index (χ1n) is 5.42. The van der Waals surface area contributed by atoms with Gasteiger partial charge in [0.15, 0.2) is 0 Å². The van der Waals surface area contributed by atoms with Crippen LogP contribution in [0.2, 0.25) is 0 Å². The van der Waals surface area contributed by atoms with E-state index in [1.165, 1.54) is 17.1 Å². The number of carbonyl (C=O) groups is 2. The number of halogens is 1. The fourth-order valence-electron chi connectivity index (χ4n) is 1.44. The summed E-state index contributed by atoms with van der Waals surface area (Å²) in [5.74, 6) is -0.813. The highest BCUT2D eigenvalue weighted by molar-refractivity contribution is 9.10. The average Bonchev–Trinajstić information content (AvgIpc) is 2.77. The molecule has 0 aliphatic heterocycles. The number of hydrogen-bond acceptors (Lipinski definition) is 4. The van der Waals surface area contributed by atoms with Crippen LogP contribution in [0.3, 0.4) is 0 Å². The van der Waals surface area contributed by atoms with Crippen molar-refractivity contribution in [2.45, 2.75) is 0 Å². The van der Waals surface area contributed by atoms with Gasteiger partial charge in [0.2, 0.25) is 5.95 Å². The summed E-state index contributed by atoms with van der Waals surface area (Å²) in [6.07, 6.45) is 1.30. The predicted molar refractivity (Wildman–Crippen MR) is 74.7 cm³/mol. The summed E-state index contributed by atoms with van der Waals surface area (Å²) in [6.45, 7) is 0. The molecule has 20 heavy (non-hydrogen) atoms. The lowest BCUT2D eigenvalue weighted by molar-refractivity contribution is 0.0696. The fraction of sp³-hybridized carbons (Fsp3) is 0.0909. The molecule has 9 heteroatoms. The van der Waals surface area contributed by atoms with Crippen molar-refractivity contribution in [1.29, 1.82) is 0 Å². The maximum atomic E-state index is 11.7. The smallest absolute Gasteiger partial charge is 0.336 e. The second kappa shape index (κ2) is 5.70. The Morgan fingerprint density at radius 2 is 2.10 bits per heavy atom. The molecule has 1 aromatic heterocycles. The molecule has 0 bridgehead atoms. The number of nitrogens with zero attached hydrogens (tertiary/aromatic N) is 3. The maximum Gasteiger partial charge on any atom is 0.336 e. The van der Waals surface area contributed by atoms with Gasteiger partial charge in [-0.2, -0.15) is 10.1 Å². The van der Waals surface area contributed by atoms with Crippen LogP contribution in [-0.4, -0.2) is 31.9 Å². The summed E-state index contributed by atoms with van der Waals surface area (Å²) in [5.41, 5.74) is 0.409. The average molecular weight is 340 g/mol. The van der Waals surface area contributed by atoms with Crippen LogP contribution >= 0.6 is 15.9 Å². The zero-order valence-corrected chi connectivity index (χ0v) is 11.9. The van der Waals surface area contributed by atoms with Gasteiger partial charge >= 0.3 is 12.0 Å². The molecular formula is C11H10BrN5O3. The van der Waals surface area contributed by atoms with Gasteiger partial charge in [-0.3, -0.25) is 5.32 Å². The standard InChI is InChI=1S/C11H10BrN5O3/c1-17-10(13-5-14-17)16-11(20)15-6-2-3-8(12)7(4-6)9(18)19/h2-5H,1H3,(H,18,19)(H2,13,14,15,16,20). The van der Waals surface area contributed by atoms with Crippen molar-refractivity contribution in [3.8, 4) is 0 Å². The van der Waals surface area contributed by atoms with Crippen LogP contribution in [0.15, 0.2) is 29.0 Å². The molecule has 2 aromatic rings. The molecule has 0 spiro atoms. The number of carboxylic acid groups (broad SMARTS) is 1. The normalized spacial score (nSPS) is 10.1. The van der Waals surface area contributed by atoms with E-state index in [0.29, 0.717) is 10.2 Å². The Bertz CT molecular complexity index is 670. The Labute approximate surface area is 121 Å². The van der Waals surface area contributed by atoms with Gasteiger partial charge in [-0.25, -0.2) is 14.3 Å². The van der Waals surface area contributed by atoms with Gasteiger partial charge in [-0.15, -0.1) is 0 Å². The second-order valence-corrected chi connectivity index (χ2v) is 4.64. The monoisotopic (exact) mass is 339 g/mol. The number of nitrogens with one attached hydrogen (secondary N) is 2. The lowest BCUT2D eigenvalue weighted by Crippen LogP contribution is -2.21. The van der Waals surface area contributed by atoms with Crippen LogP contribution in [0.5, 0.6) is 0 Å². The molecule has 2 amide bonds. The molecule has 1 heterocycles. The number of benzene rings is 1. The molecule has 8 nitrogen and oxygen atoms in total. The topological polar surface area (TPSA) is 109 Å². The molecule has 0 aliphatic rings. The molecule has 3 N–H and O–H groups in total. The quantitative estimate of drug-likeness (QED) is 0.791. The maximum absolute atomic E-state index is 11.7. The van der Waals surface area contributed by atoms with Crippen molar-refractivity contribution < 1.29 is 14.7 Å². The minimum absolute atomic E-state index is 0.0569. The summed E-state index contributed by atoms with van der Waals surface area (Å²) < 4.78 is 1.83. The van der Waals surface area contributed by atoms with Crippen LogP contribution < -0.4 is 10.6 Å². The van der Waals surface area contributed by atoms with E-state index in [-0.39, 0.29) is 11.5 Å². The Balaban J connectivity index is 2.10. The second-order valence-electron chi connectivity index (χ2n) is 3.79. The van der Waals surface area contributed by atoms with Gasteiger partial charge in [0.05, 0.1) is 5.56 Å². The first kappa shape index (κ1) is 14.0. The molecule has 0 saturated heterocycles. The molecule has 0 saturated carbocycles. The Kier molecular flexibility index (Phi) is 3.99. The van der Waals surface area contributed by atoms with E-state index in [2.05, 4.69) is 36.6 Å². The van der Waals surface area contributed by atoms with E-state index in [9.17, 15) is 9.59 Å². The van der Waals surface area contributed by atoms with Crippen molar-refractivity contribution in [2.75, 3.05) is 10.6 Å². The van der Waals surface area contributed by atoms with Crippen molar-refractivity contribution >= 4 is 39.6 Å². The van der Waals surface area contributed by atoms with Gasteiger partial charge < -0.3 is 10.4 Å². The van der Waals surface area contributed by atoms with E-state index < -0.39 is 12.0 Å². The van der Waals surface area contributed by atoms with Gasteiger partial charge in [-0.05, 0) is 34.1 Å². The third-order valence-electron chi connectivity index (χ3n) is 2.39. The lowest BCUT2D eigenvalue weighted by atomic mass is 10.2. The molecule has 0 radical (unpaired) electrons. The molecule has 0 aliphatic carbocycles. The highest BCUT2D eigenvalue weighted by Gasteiger charge is 2.11. The highest BCUT2D eigenvalue weighted by Crippen LogP contribution is 2.21. The summed E-state index contributed by atoms with van der Waals surface area (Å²) in [4.78, 5) is 26.6. The van der Waals surface area contributed by atoms with Gasteiger partial charge in [0.1, 0.15) is 6.33 Å². The van der Waals surface area contributed by atoms with Crippen molar-refractivity contribution in [1.82, 2.24) is 14.8 Å². The molecule has 2 rings (SSSR count). The van der Waals surface area contributed by atoms with Crippen LogP contribution in [0.25, 0.3) is 0 Å². The Morgan fingerprint density at radius 1 is 1.35 bits per heavy atom. The summed E-state index contributed by atoms with van der Waals surface area (Å²) >= 11 is 3.12. The molecule has 0 fully saturated rings. The first-order valence-corrected chi connectivity index (χ1v) is 6.21. The van der Waals surface area contributed by atoms with Crippen molar-refractivity contribution in [3.05, 3.63) is 34.6 Å². The van der Waals surface area contributed by atoms with Gasteiger partial charge in [0.25, 0.3) is 0 Å². The summed E-state index contributed by atoms with van der Waals surface area (Å²) in [7, 11) is 1.63. The number of urea groups is 1. The van der Waals surface area contributed by atoms with Gasteiger partial charge in [-0.1, -0.05) is 0 Å². The third kappa shape index (κ3) is 3.12. The summed E-state index contributed by atoms with van der Waals surface area (Å²) in [6, 6.07) is 3.93. The zero-order valence-electron chi connectivity index (χ0n) is 10.3. The number of carboxylic acids is 1. The van der Waals surface area contributed by atoms with Gasteiger partial charge in [0, 0.05) is 17.2 Å². The lowest BCUT2D eigenvalue weighted by Gasteiger charge is -2.08. The minimum Gasteiger partial charge on any atom is -0.478 e. The number of aryl methyl sites for hydroxylation is 1. The molecule has 1 aromatic carbocycles. The van der Waals surface area contributed by atoms with Crippen molar-refractivity contribution in [2.24, 2.45) is 7.05 Å². The van der Waals surface area contributed by atoms with E-state index in [1.54, 1.807) is 19.2 Å². The van der Waals surface area contributed by atoms with Crippen molar-refractivity contribution in [3.63, 3.8) is 0 Å². The number of aromatic nitrogens is 3. The van der Waals surface area contributed by atoms with Crippen LogP contribution in [0.1, 0.15) is 10.4 Å². The zero-order chi connectivity index (χ0) is 14.7. The largest absolute Gasteiger partial charge is 0.478 e. The first-order chi connectivity index (χ1) is 9.47. The summed E-state index contributed by atoms with van der Waals surface area (Å²) in [5, 5.41) is 17.8. The van der Waals surface area contributed by atoms with Crippen LogP contribution in [0.4, 0.5) is 16.4 Å². The molecular weight excluding hydrogens is 330 g/mol. The Hall–Kier alpha value is -2.42. The minimum atomic E-state index is -1.09. The molecule has 0 unspecified atom stereocenters. The van der Waals surface area contributed by atoms with Crippen LogP contribution in [0, 0.1) is 0 Å². The number of anilines is 2. The number of amides is 2. The third-order valence-corrected chi connectivity index (χ3v) is 3.08. The number of carbonyl (C=O) groups excluding carboxylic acids is 1. The number of aromatic carboxylic acids is 1. The molecule has 0 atom stereocenters. The molecule has 104 valence electrons. The van der Waals surface area contributed by atoms with E-state index >= 15 is 0 Å². The van der Waals surface area contributed by atoms with E-state index in [4.69, 9.17) is 5.11 Å². The van der Waals surface area contributed by atoms with E-state index in [1.807, 2.05) is 0 Å².